The molecule has 1 saturated carbocycles. The second-order valence-corrected chi connectivity index (χ2v) is 6.19. The number of amidine groups is 1. The number of nitrogens with zero attached hydrogens (tertiary/aromatic N) is 1. The second kappa shape index (κ2) is 4.57. The van der Waals surface area contributed by atoms with Crippen LogP contribution in [0.15, 0.2) is 23.2 Å². The van der Waals surface area contributed by atoms with E-state index in [2.05, 4.69) is 5.32 Å². The lowest BCUT2D eigenvalue weighted by Gasteiger charge is -2.16. The molecule has 1 fully saturated rings. The first-order chi connectivity index (χ1) is 8.67. The molecule has 2 aliphatic rings. The number of hydrogen-bond acceptors (Lipinski definition) is 3. The quantitative estimate of drug-likeness (QED) is 0.830. The number of aliphatic imine (C=N–C) groups is 1. The van der Waals surface area contributed by atoms with E-state index < -0.39 is 0 Å². The van der Waals surface area contributed by atoms with Crippen molar-refractivity contribution in [3.05, 3.63) is 29.6 Å². The van der Waals surface area contributed by atoms with Gasteiger partial charge in [-0.2, -0.15) is 0 Å². The van der Waals surface area contributed by atoms with Gasteiger partial charge in [0.15, 0.2) is 5.17 Å². The van der Waals surface area contributed by atoms with Gasteiger partial charge in [0.25, 0.3) is 0 Å². The van der Waals surface area contributed by atoms with E-state index in [1.807, 2.05) is 6.07 Å². The molecule has 18 heavy (non-hydrogen) atoms. The van der Waals surface area contributed by atoms with Crippen LogP contribution in [0.3, 0.4) is 0 Å². The van der Waals surface area contributed by atoms with Gasteiger partial charge in [0.2, 0.25) is 0 Å². The van der Waals surface area contributed by atoms with Crippen LogP contribution in [0.4, 0.5) is 10.1 Å². The first kappa shape index (κ1) is 12.0. The van der Waals surface area contributed by atoms with Crippen LogP contribution in [-0.2, 0) is 0 Å². The Labute approximate surface area is 111 Å². The van der Waals surface area contributed by atoms with Gasteiger partial charge in [0.1, 0.15) is 5.82 Å². The Morgan fingerprint density at radius 2 is 2.11 bits per heavy atom. The summed E-state index contributed by atoms with van der Waals surface area (Å²) in [5.74, 6) is 0.906. The average Bonchev–Trinajstić information content (AvgIpc) is 2.96. The van der Waals surface area contributed by atoms with E-state index in [9.17, 15) is 4.39 Å². The Morgan fingerprint density at radius 3 is 2.83 bits per heavy atom. The molecule has 4 heteroatoms. The van der Waals surface area contributed by atoms with E-state index in [1.54, 1.807) is 24.8 Å². The lowest BCUT2D eigenvalue weighted by Crippen LogP contribution is -2.21. The van der Waals surface area contributed by atoms with Crippen LogP contribution in [0.2, 0.25) is 0 Å². The number of anilines is 1. The highest BCUT2D eigenvalue weighted by Crippen LogP contribution is 2.41. The van der Waals surface area contributed by atoms with Gasteiger partial charge >= 0.3 is 0 Å². The molecule has 0 unspecified atom stereocenters. The summed E-state index contributed by atoms with van der Waals surface area (Å²) in [4.78, 5) is 4.81. The standard InChI is InChI=1S/C14H17FN2S/c1-10-4-5-11(8-12(10)15)16-13-17-14(9-18-13)6-2-3-7-14/h4-5,8H,2-3,6-7,9H2,1H3,(H,16,17). The van der Waals surface area contributed by atoms with Crippen molar-refractivity contribution in [1.82, 2.24) is 0 Å². The zero-order valence-corrected chi connectivity index (χ0v) is 11.3. The maximum absolute atomic E-state index is 13.5. The third-order valence-corrected chi connectivity index (χ3v) is 4.92. The molecule has 1 spiro atoms. The number of thioether (sulfide) groups is 1. The molecule has 2 nitrogen and oxygen atoms in total. The molecular formula is C14H17FN2S. The maximum atomic E-state index is 13.5. The number of nitrogens with one attached hydrogen (secondary N) is 1. The topological polar surface area (TPSA) is 24.4 Å². The molecule has 0 radical (unpaired) electrons. The van der Waals surface area contributed by atoms with Crippen molar-refractivity contribution in [2.24, 2.45) is 4.99 Å². The fraction of sp³-hybridized carbons (Fsp3) is 0.500. The third-order valence-electron chi connectivity index (χ3n) is 3.77. The molecule has 0 saturated heterocycles. The molecule has 3 rings (SSSR count). The highest BCUT2D eigenvalue weighted by molar-refractivity contribution is 8.14. The zero-order chi connectivity index (χ0) is 12.6. The van der Waals surface area contributed by atoms with Crippen LogP contribution >= 0.6 is 11.8 Å². The third kappa shape index (κ3) is 2.26. The Hall–Kier alpha value is -1.03. The van der Waals surface area contributed by atoms with Gasteiger partial charge in [-0.15, -0.1) is 0 Å². The van der Waals surface area contributed by atoms with Crippen LogP contribution in [0, 0.1) is 12.7 Å². The number of rotatable bonds is 1. The molecule has 1 aromatic carbocycles. The minimum Gasteiger partial charge on any atom is -0.335 e. The Balaban J connectivity index is 1.75. The van der Waals surface area contributed by atoms with Gasteiger partial charge in [-0.05, 0) is 37.5 Å². The summed E-state index contributed by atoms with van der Waals surface area (Å²) in [6, 6.07) is 5.24. The zero-order valence-electron chi connectivity index (χ0n) is 10.5. The fourth-order valence-electron chi connectivity index (χ4n) is 2.63. The Morgan fingerprint density at radius 1 is 1.33 bits per heavy atom. The van der Waals surface area contributed by atoms with Crippen molar-refractivity contribution in [1.29, 1.82) is 0 Å². The second-order valence-electron chi connectivity index (χ2n) is 5.23. The van der Waals surface area contributed by atoms with E-state index in [-0.39, 0.29) is 11.4 Å². The molecule has 1 N–H and O–H groups in total. The predicted octanol–water partition coefficient (Wildman–Crippen LogP) is 3.96. The van der Waals surface area contributed by atoms with E-state index in [4.69, 9.17) is 4.99 Å². The van der Waals surface area contributed by atoms with Crippen molar-refractivity contribution in [3.8, 4) is 0 Å². The monoisotopic (exact) mass is 264 g/mol. The van der Waals surface area contributed by atoms with Crippen LogP contribution in [0.1, 0.15) is 31.2 Å². The summed E-state index contributed by atoms with van der Waals surface area (Å²) in [5, 5.41) is 4.18. The fourth-order valence-corrected chi connectivity index (χ4v) is 3.84. The molecular weight excluding hydrogens is 247 g/mol. The predicted molar refractivity (Wildman–Crippen MR) is 75.9 cm³/mol. The minimum absolute atomic E-state index is 0.167. The van der Waals surface area contributed by atoms with E-state index >= 15 is 0 Å². The Bertz CT molecular complexity index is 493. The lowest BCUT2D eigenvalue weighted by molar-refractivity contribution is 0.508. The first-order valence-electron chi connectivity index (χ1n) is 6.43. The summed E-state index contributed by atoms with van der Waals surface area (Å²) in [5.41, 5.74) is 1.64. The largest absolute Gasteiger partial charge is 0.335 e. The molecule has 1 heterocycles. The van der Waals surface area contributed by atoms with Crippen molar-refractivity contribution < 1.29 is 4.39 Å². The van der Waals surface area contributed by atoms with Crippen LogP contribution in [0.25, 0.3) is 0 Å². The molecule has 1 aliphatic carbocycles. The molecule has 0 aromatic heterocycles. The maximum Gasteiger partial charge on any atom is 0.161 e. The molecule has 0 amide bonds. The SMILES string of the molecule is Cc1ccc(NC2=NC3(CCCC3)CS2)cc1F. The van der Waals surface area contributed by atoms with E-state index in [0.29, 0.717) is 5.56 Å². The van der Waals surface area contributed by atoms with E-state index in [1.165, 1.54) is 31.7 Å². The van der Waals surface area contributed by atoms with Gasteiger partial charge in [0, 0.05) is 11.4 Å². The lowest BCUT2D eigenvalue weighted by atomic mass is 10.0. The number of benzene rings is 1. The van der Waals surface area contributed by atoms with Crippen molar-refractivity contribution in [2.75, 3.05) is 11.1 Å². The molecule has 0 bridgehead atoms. The first-order valence-corrected chi connectivity index (χ1v) is 7.41. The molecule has 1 aromatic rings. The minimum atomic E-state index is -0.167. The number of aryl methyl sites for hydroxylation is 1. The molecule has 0 atom stereocenters. The summed E-state index contributed by atoms with van der Waals surface area (Å²) in [7, 11) is 0. The van der Waals surface area contributed by atoms with Crippen molar-refractivity contribution in [3.63, 3.8) is 0 Å². The van der Waals surface area contributed by atoms with Gasteiger partial charge in [0.05, 0.1) is 5.54 Å². The molecule has 96 valence electrons. The van der Waals surface area contributed by atoms with Crippen LogP contribution in [-0.4, -0.2) is 16.5 Å². The number of halogens is 1. The smallest absolute Gasteiger partial charge is 0.161 e. The molecule has 1 aliphatic heterocycles. The van der Waals surface area contributed by atoms with Crippen molar-refractivity contribution >= 4 is 22.6 Å². The van der Waals surface area contributed by atoms with Gasteiger partial charge in [-0.3, -0.25) is 4.99 Å². The van der Waals surface area contributed by atoms with Crippen LogP contribution < -0.4 is 5.32 Å². The normalized spacial score (nSPS) is 21.3. The van der Waals surface area contributed by atoms with Crippen molar-refractivity contribution in [2.45, 2.75) is 38.1 Å². The summed E-state index contributed by atoms with van der Waals surface area (Å²) >= 11 is 1.76. The average molecular weight is 264 g/mol. The van der Waals surface area contributed by atoms with Crippen LogP contribution in [0.5, 0.6) is 0 Å². The van der Waals surface area contributed by atoms with E-state index in [0.717, 1.165) is 16.6 Å². The van der Waals surface area contributed by atoms with Gasteiger partial charge in [-0.25, -0.2) is 4.39 Å². The Kier molecular flexibility index (Phi) is 3.06. The number of hydrogen-bond donors (Lipinski definition) is 1. The summed E-state index contributed by atoms with van der Waals surface area (Å²) < 4.78 is 13.5. The van der Waals surface area contributed by atoms with Gasteiger partial charge < -0.3 is 5.32 Å². The summed E-state index contributed by atoms with van der Waals surface area (Å²) in [6.45, 7) is 1.77. The highest BCUT2D eigenvalue weighted by atomic mass is 32.2. The highest BCUT2D eigenvalue weighted by Gasteiger charge is 2.38. The summed E-state index contributed by atoms with van der Waals surface area (Å²) in [6.07, 6.45) is 4.98. The van der Waals surface area contributed by atoms with Gasteiger partial charge in [-0.1, -0.05) is 30.7 Å².